The van der Waals surface area contributed by atoms with Gasteiger partial charge in [0.15, 0.2) is 0 Å². The van der Waals surface area contributed by atoms with E-state index in [0.29, 0.717) is 11.3 Å². The highest BCUT2D eigenvalue weighted by Gasteiger charge is 2.42. The molecule has 0 saturated carbocycles. The Kier molecular flexibility index (Phi) is 5.70. The first-order valence-electron chi connectivity index (χ1n) is 10.5. The van der Waals surface area contributed by atoms with Gasteiger partial charge in [-0.3, -0.25) is 19.4 Å². The van der Waals surface area contributed by atoms with E-state index in [-0.39, 0.29) is 24.0 Å². The molecule has 1 unspecified atom stereocenters. The Bertz CT molecular complexity index is 1170. The minimum absolute atomic E-state index is 0.112. The van der Waals surface area contributed by atoms with Crippen molar-refractivity contribution in [3.8, 4) is 0 Å². The van der Waals surface area contributed by atoms with Crippen LogP contribution in [0, 0.1) is 19.7 Å². The number of benzene rings is 3. The fourth-order valence-corrected chi connectivity index (χ4v) is 4.16. The Morgan fingerprint density at radius 3 is 2.22 bits per heavy atom. The number of anilines is 3. The zero-order valence-electron chi connectivity index (χ0n) is 18.7. The Labute approximate surface area is 187 Å². The summed E-state index contributed by atoms with van der Waals surface area (Å²) in [6.07, 6.45) is 0. The van der Waals surface area contributed by atoms with Gasteiger partial charge in [0.25, 0.3) is 5.91 Å². The van der Waals surface area contributed by atoms with Crippen molar-refractivity contribution in [2.45, 2.75) is 19.9 Å². The molecule has 1 aliphatic rings. The van der Waals surface area contributed by atoms with Crippen LogP contribution in [-0.2, 0) is 9.59 Å². The van der Waals surface area contributed by atoms with Crippen molar-refractivity contribution >= 4 is 28.9 Å². The van der Waals surface area contributed by atoms with E-state index >= 15 is 0 Å². The summed E-state index contributed by atoms with van der Waals surface area (Å²) >= 11 is 0. The third kappa shape index (κ3) is 3.84. The smallest absolute Gasteiger partial charge is 0.255 e. The van der Waals surface area contributed by atoms with Gasteiger partial charge in [-0.1, -0.05) is 42.0 Å². The highest BCUT2D eigenvalue weighted by molar-refractivity contribution is 6.14. The van der Waals surface area contributed by atoms with Crippen LogP contribution in [0.4, 0.5) is 21.5 Å². The van der Waals surface area contributed by atoms with Gasteiger partial charge in [-0.25, -0.2) is 4.39 Å². The lowest BCUT2D eigenvalue weighted by molar-refractivity contribution is -0.128. The highest BCUT2D eigenvalue weighted by atomic mass is 19.1. The fraction of sp³-hybridized carbons (Fsp3) is 0.231. The summed E-state index contributed by atoms with van der Waals surface area (Å²) in [6, 6.07) is 18.5. The van der Waals surface area contributed by atoms with E-state index in [9.17, 15) is 14.0 Å². The molecule has 1 heterocycles. The molecule has 4 rings (SSSR count). The number of halogens is 1. The SMILES string of the molecule is Cc1ccc(N2C(=O)CN(c3ccccc3F)C(=O)C2c2ccc(N(C)C)cc2)c(C)c1. The lowest BCUT2D eigenvalue weighted by atomic mass is 9.97. The topological polar surface area (TPSA) is 43.9 Å². The molecule has 1 aliphatic heterocycles. The largest absolute Gasteiger partial charge is 0.378 e. The zero-order valence-corrected chi connectivity index (χ0v) is 18.7. The number of carbonyl (C=O) groups is 2. The number of hydrogen-bond donors (Lipinski definition) is 0. The van der Waals surface area contributed by atoms with Gasteiger partial charge in [-0.05, 0) is 55.3 Å². The van der Waals surface area contributed by atoms with Gasteiger partial charge in [0.05, 0.1) is 5.69 Å². The second kappa shape index (κ2) is 8.46. The Morgan fingerprint density at radius 1 is 0.906 bits per heavy atom. The Balaban J connectivity index is 1.85. The molecular formula is C26H26FN3O2. The summed E-state index contributed by atoms with van der Waals surface area (Å²) < 4.78 is 14.6. The van der Waals surface area contributed by atoms with Gasteiger partial charge in [-0.2, -0.15) is 0 Å². The van der Waals surface area contributed by atoms with Crippen molar-refractivity contribution in [1.29, 1.82) is 0 Å². The Hall–Kier alpha value is -3.67. The number of aryl methyl sites for hydroxylation is 2. The lowest BCUT2D eigenvalue weighted by Crippen LogP contribution is -2.56. The molecule has 1 saturated heterocycles. The van der Waals surface area contributed by atoms with Crippen LogP contribution in [-0.4, -0.2) is 32.5 Å². The number of amides is 2. The summed E-state index contributed by atoms with van der Waals surface area (Å²) in [7, 11) is 3.87. The molecule has 3 aromatic rings. The van der Waals surface area contributed by atoms with Crippen molar-refractivity contribution in [2.24, 2.45) is 0 Å². The summed E-state index contributed by atoms with van der Waals surface area (Å²) in [4.78, 5) is 32.0. The number of carbonyl (C=O) groups excluding carboxylic acids is 2. The molecule has 0 N–H and O–H groups in total. The van der Waals surface area contributed by atoms with Crippen molar-refractivity contribution in [2.75, 3.05) is 35.3 Å². The highest BCUT2D eigenvalue weighted by Crippen LogP contribution is 2.37. The van der Waals surface area contributed by atoms with Crippen LogP contribution >= 0.6 is 0 Å². The molecule has 1 fully saturated rings. The minimum Gasteiger partial charge on any atom is -0.378 e. The number of hydrogen-bond acceptors (Lipinski definition) is 3. The number of rotatable bonds is 4. The second-order valence-electron chi connectivity index (χ2n) is 8.32. The van der Waals surface area contributed by atoms with Crippen LogP contribution < -0.4 is 14.7 Å². The maximum atomic E-state index is 14.6. The van der Waals surface area contributed by atoms with E-state index in [4.69, 9.17) is 0 Å². The van der Waals surface area contributed by atoms with Crippen LogP contribution in [0.1, 0.15) is 22.7 Å². The first kappa shape index (κ1) is 21.6. The van der Waals surface area contributed by atoms with Crippen LogP contribution in [0.2, 0.25) is 0 Å². The lowest BCUT2D eigenvalue weighted by Gasteiger charge is -2.41. The Morgan fingerprint density at radius 2 is 1.59 bits per heavy atom. The van der Waals surface area contributed by atoms with Crippen molar-refractivity contribution in [1.82, 2.24) is 0 Å². The molecule has 32 heavy (non-hydrogen) atoms. The number of para-hydroxylation sites is 1. The third-order valence-electron chi connectivity index (χ3n) is 5.80. The first-order valence-corrected chi connectivity index (χ1v) is 10.5. The third-order valence-corrected chi connectivity index (χ3v) is 5.80. The average Bonchev–Trinajstić information content (AvgIpc) is 2.76. The van der Waals surface area contributed by atoms with Gasteiger partial charge in [0, 0.05) is 25.5 Å². The summed E-state index contributed by atoms with van der Waals surface area (Å²) in [6.45, 7) is 3.69. The van der Waals surface area contributed by atoms with Crippen molar-refractivity contribution in [3.63, 3.8) is 0 Å². The monoisotopic (exact) mass is 431 g/mol. The zero-order chi connectivity index (χ0) is 23.0. The molecule has 0 aliphatic carbocycles. The quantitative estimate of drug-likeness (QED) is 0.605. The van der Waals surface area contributed by atoms with Crippen LogP contribution in [0.25, 0.3) is 0 Å². The molecule has 0 radical (unpaired) electrons. The van der Waals surface area contributed by atoms with Crippen LogP contribution in [0.3, 0.4) is 0 Å². The summed E-state index contributed by atoms with van der Waals surface area (Å²) in [5, 5.41) is 0. The van der Waals surface area contributed by atoms with Crippen molar-refractivity contribution < 1.29 is 14.0 Å². The van der Waals surface area contributed by atoms with E-state index in [0.717, 1.165) is 16.8 Å². The molecule has 1 atom stereocenters. The van der Waals surface area contributed by atoms with Gasteiger partial charge in [0.2, 0.25) is 5.91 Å². The summed E-state index contributed by atoms with van der Waals surface area (Å²) in [5.41, 5.74) is 4.43. The second-order valence-corrected chi connectivity index (χ2v) is 8.32. The van der Waals surface area contributed by atoms with Crippen LogP contribution in [0.15, 0.2) is 66.7 Å². The molecule has 164 valence electrons. The van der Waals surface area contributed by atoms with E-state index in [1.807, 2.05) is 75.3 Å². The van der Waals surface area contributed by atoms with E-state index in [1.54, 1.807) is 17.0 Å². The fourth-order valence-electron chi connectivity index (χ4n) is 4.16. The van der Waals surface area contributed by atoms with Gasteiger partial charge < -0.3 is 4.90 Å². The molecule has 3 aromatic carbocycles. The van der Waals surface area contributed by atoms with Crippen molar-refractivity contribution in [3.05, 3.63) is 89.2 Å². The van der Waals surface area contributed by atoms with Gasteiger partial charge >= 0.3 is 0 Å². The molecule has 0 spiro atoms. The number of piperazine rings is 1. The van der Waals surface area contributed by atoms with Gasteiger partial charge in [0.1, 0.15) is 18.4 Å². The molecule has 5 nitrogen and oxygen atoms in total. The first-order chi connectivity index (χ1) is 15.3. The number of nitrogens with zero attached hydrogens (tertiary/aromatic N) is 3. The molecule has 0 aromatic heterocycles. The summed E-state index contributed by atoms with van der Waals surface area (Å²) in [5.74, 6) is -1.14. The normalized spacial score (nSPS) is 16.5. The van der Waals surface area contributed by atoms with E-state index in [1.165, 1.54) is 17.0 Å². The molecule has 0 bridgehead atoms. The minimum atomic E-state index is -0.895. The predicted octanol–water partition coefficient (Wildman–Crippen LogP) is 4.63. The van der Waals surface area contributed by atoms with E-state index in [2.05, 4.69) is 0 Å². The van der Waals surface area contributed by atoms with Gasteiger partial charge in [-0.15, -0.1) is 0 Å². The predicted molar refractivity (Wildman–Crippen MR) is 126 cm³/mol. The maximum Gasteiger partial charge on any atom is 0.255 e. The molecule has 6 heteroatoms. The average molecular weight is 432 g/mol. The molecule has 2 amide bonds. The van der Waals surface area contributed by atoms with Crippen LogP contribution in [0.5, 0.6) is 0 Å². The molecular weight excluding hydrogens is 405 g/mol. The van der Waals surface area contributed by atoms with E-state index < -0.39 is 11.9 Å². The maximum absolute atomic E-state index is 14.6. The standard InChI is InChI=1S/C26H26FN3O2/c1-17-9-14-22(18(2)15-17)30-24(31)16-29(23-8-6-5-7-21(23)27)26(32)25(30)19-10-12-20(13-11-19)28(3)4/h5-15,25H,16H2,1-4H3.